The van der Waals surface area contributed by atoms with E-state index in [4.69, 9.17) is 16.3 Å². The first-order chi connectivity index (χ1) is 16.2. The SMILES string of the molecule is Cc1ccccc1Oc1nc2c(C)cccn2c(=O)c1/C=C(/C#N)S(=O)(=O)c1ccc(Cl)cc1. The number of allylic oxidation sites excluding steroid dienone is 1. The number of benzene rings is 2. The molecule has 2 aromatic carbocycles. The van der Waals surface area contributed by atoms with E-state index in [-0.39, 0.29) is 16.3 Å². The quantitative estimate of drug-likeness (QED) is 0.360. The van der Waals surface area contributed by atoms with E-state index >= 15 is 0 Å². The Balaban J connectivity index is 1.98. The Morgan fingerprint density at radius 3 is 2.41 bits per heavy atom. The molecule has 0 radical (unpaired) electrons. The molecule has 0 N–H and O–H groups in total. The van der Waals surface area contributed by atoms with Crippen molar-refractivity contribution in [2.45, 2.75) is 18.7 Å². The van der Waals surface area contributed by atoms with Crippen molar-refractivity contribution in [3.05, 3.63) is 104 Å². The van der Waals surface area contributed by atoms with Crippen LogP contribution in [0.4, 0.5) is 0 Å². The van der Waals surface area contributed by atoms with Crippen LogP contribution >= 0.6 is 11.6 Å². The number of pyridine rings is 1. The van der Waals surface area contributed by atoms with Crippen molar-refractivity contribution in [2.75, 3.05) is 0 Å². The van der Waals surface area contributed by atoms with Crippen LogP contribution < -0.4 is 10.3 Å². The van der Waals surface area contributed by atoms with Gasteiger partial charge in [0.05, 0.1) is 4.90 Å². The van der Waals surface area contributed by atoms with Crippen LogP contribution in [0.3, 0.4) is 0 Å². The Kier molecular flexibility index (Phi) is 6.24. The maximum absolute atomic E-state index is 13.4. The van der Waals surface area contributed by atoms with Crippen molar-refractivity contribution in [1.82, 2.24) is 9.38 Å². The molecule has 0 unspecified atom stereocenters. The summed E-state index contributed by atoms with van der Waals surface area (Å²) in [4.78, 5) is 17.2. The number of ether oxygens (including phenoxy) is 1. The highest BCUT2D eigenvalue weighted by Gasteiger charge is 2.24. The number of para-hydroxylation sites is 1. The first kappa shape index (κ1) is 23.2. The molecule has 2 aromatic heterocycles. The maximum atomic E-state index is 13.4. The van der Waals surface area contributed by atoms with Gasteiger partial charge in [0.15, 0.2) is 0 Å². The predicted octanol–water partition coefficient (Wildman–Crippen LogP) is 5.10. The second-order valence-corrected chi connectivity index (χ2v) is 9.82. The molecule has 0 saturated carbocycles. The molecule has 4 aromatic rings. The van der Waals surface area contributed by atoms with Crippen molar-refractivity contribution < 1.29 is 13.2 Å². The minimum absolute atomic E-state index is 0.104. The number of sulfone groups is 1. The third-order valence-corrected chi connectivity index (χ3v) is 7.08. The standard InChI is InChI=1S/C25H18ClN3O4S/c1-16-6-3-4-8-22(16)33-24-21(25(30)29-13-5-7-17(2)23(29)28-24)14-20(15-27)34(31,32)19-11-9-18(26)10-12-19/h3-14H,1-2H3/b20-14-. The number of hydrogen-bond acceptors (Lipinski definition) is 6. The summed E-state index contributed by atoms with van der Waals surface area (Å²) in [7, 11) is -4.23. The third kappa shape index (κ3) is 4.31. The molecule has 4 rings (SSSR count). The second kappa shape index (κ2) is 9.14. The van der Waals surface area contributed by atoms with Gasteiger partial charge in [-0.15, -0.1) is 0 Å². The molecule has 0 aliphatic heterocycles. The molecule has 0 saturated heterocycles. The normalized spacial score (nSPS) is 11.9. The number of rotatable bonds is 5. The summed E-state index contributed by atoms with van der Waals surface area (Å²) in [6.45, 7) is 3.62. The Morgan fingerprint density at radius 2 is 1.74 bits per heavy atom. The number of fused-ring (bicyclic) bond motifs is 1. The van der Waals surface area contributed by atoms with Crippen LogP contribution in [0.25, 0.3) is 11.7 Å². The van der Waals surface area contributed by atoms with Gasteiger partial charge in [-0.1, -0.05) is 35.9 Å². The zero-order chi connectivity index (χ0) is 24.5. The van der Waals surface area contributed by atoms with Gasteiger partial charge in [-0.3, -0.25) is 9.20 Å². The van der Waals surface area contributed by atoms with Crippen LogP contribution in [0.1, 0.15) is 16.7 Å². The van der Waals surface area contributed by atoms with Gasteiger partial charge in [0, 0.05) is 11.2 Å². The van der Waals surface area contributed by atoms with Gasteiger partial charge < -0.3 is 4.74 Å². The van der Waals surface area contributed by atoms with Crippen LogP contribution in [-0.4, -0.2) is 17.8 Å². The number of hydrogen-bond donors (Lipinski definition) is 0. The summed E-state index contributed by atoms with van der Waals surface area (Å²) in [6.07, 6.45) is 2.52. The largest absolute Gasteiger partial charge is 0.438 e. The van der Waals surface area contributed by atoms with Gasteiger partial charge in [0.1, 0.15) is 27.9 Å². The van der Waals surface area contributed by atoms with Crippen molar-refractivity contribution in [2.24, 2.45) is 0 Å². The highest BCUT2D eigenvalue weighted by Crippen LogP contribution is 2.29. The molecule has 170 valence electrons. The molecule has 2 heterocycles. The molecular weight excluding hydrogens is 474 g/mol. The lowest BCUT2D eigenvalue weighted by atomic mass is 10.2. The fourth-order valence-corrected chi connectivity index (χ4v) is 4.58. The van der Waals surface area contributed by atoms with Gasteiger partial charge in [-0.05, 0) is 67.4 Å². The minimum atomic E-state index is -4.23. The van der Waals surface area contributed by atoms with E-state index in [0.29, 0.717) is 16.4 Å². The highest BCUT2D eigenvalue weighted by molar-refractivity contribution is 7.95. The van der Waals surface area contributed by atoms with Gasteiger partial charge in [0.2, 0.25) is 15.7 Å². The number of aromatic nitrogens is 2. The summed E-state index contributed by atoms with van der Waals surface area (Å²) in [6, 6.07) is 17.7. The minimum Gasteiger partial charge on any atom is -0.438 e. The molecule has 0 bridgehead atoms. The van der Waals surface area contributed by atoms with Gasteiger partial charge in [-0.25, -0.2) is 8.42 Å². The molecule has 0 aliphatic carbocycles. The second-order valence-electron chi connectivity index (χ2n) is 7.47. The lowest BCUT2D eigenvalue weighted by molar-refractivity contribution is 0.457. The van der Waals surface area contributed by atoms with E-state index in [0.717, 1.165) is 17.2 Å². The van der Waals surface area contributed by atoms with E-state index in [1.807, 2.05) is 19.1 Å². The Hall–Kier alpha value is -3.93. The first-order valence-corrected chi connectivity index (χ1v) is 12.0. The van der Waals surface area contributed by atoms with Gasteiger partial charge in [-0.2, -0.15) is 10.2 Å². The fourth-order valence-electron chi connectivity index (χ4n) is 3.31. The average Bonchev–Trinajstić information content (AvgIpc) is 2.81. The third-order valence-electron chi connectivity index (χ3n) is 5.15. The van der Waals surface area contributed by atoms with Crippen molar-refractivity contribution >= 4 is 33.2 Å². The first-order valence-electron chi connectivity index (χ1n) is 10.1. The summed E-state index contributed by atoms with van der Waals surface area (Å²) in [5.74, 6) is 0.341. The molecule has 7 nitrogen and oxygen atoms in total. The monoisotopic (exact) mass is 491 g/mol. The van der Waals surface area contributed by atoms with Crippen molar-refractivity contribution in [1.29, 1.82) is 5.26 Å². The zero-order valence-electron chi connectivity index (χ0n) is 18.2. The van der Waals surface area contributed by atoms with E-state index in [2.05, 4.69) is 4.98 Å². The Morgan fingerprint density at radius 1 is 1.06 bits per heavy atom. The van der Waals surface area contributed by atoms with Gasteiger partial charge in [0.25, 0.3) is 5.56 Å². The smallest absolute Gasteiger partial charge is 0.269 e. The molecule has 9 heteroatoms. The molecule has 0 fully saturated rings. The summed E-state index contributed by atoms with van der Waals surface area (Å²) in [5.41, 5.74) is 1.13. The lowest BCUT2D eigenvalue weighted by Gasteiger charge is -2.13. The van der Waals surface area contributed by atoms with E-state index in [1.54, 1.807) is 37.3 Å². The topological polar surface area (TPSA) is 102 Å². The number of nitriles is 1. The van der Waals surface area contributed by atoms with E-state index in [9.17, 15) is 18.5 Å². The molecule has 0 aliphatic rings. The van der Waals surface area contributed by atoms with E-state index < -0.39 is 20.3 Å². The Labute approximate surface area is 201 Å². The molecule has 0 spiro atoms. The molecule has 0 amide bonds. The number of nitrogens with zero attached hydrogens (tertiary/aromatic N) is 3. The summed E-state index contributed by atoms with van der Waals surface area (Å²) in [5, 5.41) is 10.1. The Bertz CT molecular complexity index is 1650. The maximum Gasteiger partial charge on any atom is 0.269 e. The van der Waals surface area contributed by atoms with Crippen LogP contribution in [0.5, 0.6) is 11.6 Å². The van der Waals surface area contributed by atoms with Crippen molar-refractivity contribution in [3.8, 4) is 17.7 Å². The number of halogens is 1. The lowest BCUT2D eigenvalue weighted by Crippen LogP contribution is -2.20. The molecule has 34 heavy (non-hydrogen) atoms. The van der Waals surface area contributed by atoms with Crippen molar-refractivity contribution in [3.63, 3.8) is 0 Å². The number of aryl methyl sites for hydroxylation is 2. The average molecular weight is 492 g/mol. The summed E-state index contributed by atoms with van der Waals surface area (Å²) < 4.78 is 33.5. The van der Waals surface area contributed by atoms with Crippen LogP contribution in [0.2, 0.25) is 5.02 Å². The van der Waals surface area contributed by atoms with Crippen LogP contribution in [0.15, 0.2) is 81.5 Å². The zero-order valence-corrected chi connectivity index (χ0v) is 19.8. The van der Waals surface area contributed by atoms with E-state index in [1.165, 1.54) is 34.9 Å². The predicted molar refractivity (Wildman–Crippen MR) is 130 cm³/mol. The summed E-state index contributed by atoms with van der Waals surface area (Å²) >= 11 is 5.86. The highest BCUT2D eigenvalue weighted by atomic mass is 35.5. The van der Waals surface area contributed by atoms with Crippen LogP contribution in [-0.2, 0) is 9.84 Å². The van der Waals surface area contributed by atoms with Gasteiger partial charge >= 0.3 is 0 Å². The van der Waals surface area contributed by atoms with Crippen LogP contribution in [0, 0.1) is 25.2 Å². The molecule has 0 atom stereocenters. The molecular formula is C25H18ClN3O4S. The fraction of sp³-hybridized carbons (Fsp3) is 0.0800.